The molecule has 8 heteroatoms. The van der Waals surface area contributed by atoms with Crippen LogP contribution in [0.2, 0.25) is 0 Å². The average molecular weight is 336 g/mol. The molecule has 0 saturated heterocycles. The van der Waals surface area contributed by atoms with Gasteiger partial charge in [-0.1, -0.05) is 6.42 Å². The zero-order valence-corrected chi connectivity index (χ0v) is 13.7. The van der Waals surface area contributed by atoms with Gasteiger partial charge in [-0.05, 0) is 19.4 Å². The molecule has 1 aromatic heterocycles. The fourth-order valence-corrected chi connectivity index (χ4v) is 2.41. The molecule has 0 atom stereocenters. The largest absolute Gasteiger partial charge is 0.469 e. The highest BCUT2D eigenvalue weighted by atomic mass is 35.5. The van der Waals surface area contributed by atoms with Crippen LogP contribution in [0.25, 0.3) is 0 Å². The Hall–Kier alpha value is -1.18. The highest BCUT2D eigenvalue weighted by molar-refractivity contribution is 7.09. The van der Waals surface area contributed by atoms with Crippen LogP contribution in [0.4, 0.5) is 0 Å². The molecular weight excluding hydrogens is 314 g/mol. The third-order valence-electron chi connectivity index (χ3n) is 2.71. The van der Waals surface area contributed by atoms with Crippen molar-refractivity contribution in [3.05, 3.63) is 16.1 Å². The molecule has 0 spiro atoms. The van der Waals surface area contributed by atoms with Crippen LogP contribution in [0.15, 0.2) is 5.38 Å². The number of rotatable bonds is 9. The zero-order valence-electron chi connectivity index (χ0n) is 12.1. The maximum absolute atomic E-state index is 11.8. The van der Waals surface area contributed by atoms with Crippen molar-refractivity contribution >= 4 is 35.6 Å². The molecule has 21 heavy (non-hydrogen) atoms. The van der Waals surface area contributed by atoms with Crippen molar-refractivity contribution in [2.75, 3.05) is 20.2 Å². The lowest BCUT2D eigenvalue weighted by molar-refractivity contribution is -0.140. The summed E-state index contributed by atoms with van der Waals surface area (Å²) < 4.78 is 4.55. The molecule has 0 unspecified atom stereocenters. The number of thiazole rings is 1. The van der Waals surface area contributed by atoms with Gasteiger partial charge in [0.25, 0.3) is 5.91 Å². The Labute approximate surface area is 134 Å². The fraction of sp³-hybridized carbons (Fsp3) is 0.615. The van der Waals surface area contributed by atoms with E-state index in [0.29, 0.717) is 31.6 Å². The van der Waals surface area contributed by atoms with Gasteiger partial charge in [-0.2, -0.15) is 0 Å². The Kier molecular flexibility index (Phi) is 10.8. The average Bonchev–Trinajstić information content (AvgIpc) is 2.91. The Bertz CT molecular complexity index is 440. The van der Waals surface area contributed by atoms with E-state index in [2.05, 4.69) is 15.0 Å². The molecular formula is C13H22ClN3O3S. The summed E-state index contributed by atoms with van der Waals surface area (Å²) in [6, 6.07) is 0. The minimum atomic E-state index is -0.191. The van der Waals surface area contributed by atoms with Gasteiger partial charge in [0, 0.05) is 24.8 Å². The van der Waals surface area contributed by atoms with E-state index in [1.807, 2.05) is 0 Å². The highest BCUT2D eigenvalue weighted by Crippen LogP contribution is 2.09. The summed E-state index contributed by atoms with van der Waals surface area (Å²) >= 11 is 1.45. The number of nitrogens with zero attached hydrogens (tertiary/aromatic N) is 1. The number of aromatic nitrogens is 1. The summed E-state index contributed by atoms with van der Waals surface area (Å²) in [6.07, 6.45) is 3.62. The molecule has 0 aliphatic rings. The molecule has 6 nitrogen and oxygen atoms in total. The second kappa shape index (κ2) is 11.5. The molecule has 1 rings (SSSR count). The van der Waals surface area contributed by atoms with Gasteiger partial charge in [-0.25, -0.2) is 4.98 Å². The first-order valence-corrected chi connectivity index (χ1v) is 7.54. The van der Waals surface area contributed by atoms with Crippen LogP contribution in [-0.4, -0.2) is 37.1 Å². The van der Waals surface area contributed by atoms with Crippen molar-refractivity contribution < 1.29 is 14.3 Å². The summed E-state index contributed by atoms with van der Waals surface area (Å²) in [6.45, 7) is 1.12. The van der Waals surface area contributed by atoms with Crippen LogP contribution in [0, 0.1) is 0 Å². The molecule has 0 radical (unpaired) electrons. The maximum Gasteiger partial charge on any atom is 0.305 e. The Balaban J connectivity index is 0.00000400. The SMILES string of the molecule is COC(=O)CCCCCNC(=O)c1csc(CCN)n1.Cl. The van der Waals surface area contributed by atoms with E-state index < -0.39 is 0 Å². The minimum absolute atomic E-state index is 0. The van der Waals surface area contributed by atoms with Crippen LogP contribution in [-0.2, 0) is 16.0 Å². The van der Waals surface area contributed by atoms with E-state index in [4.69, 9.17) is 5.73 Å². The van der Waals surface area contributed by atoms with E-state index in [0.717, 1.165) is 24.3 Å². The lowest BCUT2D eigenvalue weighted by Crippen LogP contribution is -2.24. The van der Waals surface area contributed by atoms with E-state index in [1.54, 1.807) is 5.38 Å². The summed E-state index contributed by atoms with van der Waals surface area (Å²) in [5.74, 6) is -0.346. The van der Waals surface area contributed by atoms with Crippen molar-refractivity contribution in [1.29, 1.82) is 0 Å². The third kappa shape index (κ3) is 7.99. The Morgan fingerprint density at radius 2 is 2.14 bits per heavy atom. The van der Waals surface area contributed by atoms with Gasteiger partial charge in [0.05, 0.1) is 12.1 Å². The molecule has 0 bridgehead atoms. The molecule has 0 aromatic carbocycles. The minimum Gasteiger partial charge on any atom is -0.469 e. The highest BCUT2D eigenvalue weighted by Gasteiger charge is 2.09. The van der Waals surface area contributed by atoms with Crippen molar-refractivity contribution in [2.24, 2.45) is 5.73 Å². The number of hydrogen-bond acceptors (Lipinski definition) is 6. The monoisotopic (exact) mass is 335 g/mol. The first-order valence-electron chi connectivity index (χ1n) is 6.67. The van der Waals surface area contributed by atoms with E-state index in [9.17, 15) is 9.59 Å². The van der Waals surface area contributed by atoms with Gasteiger partial charge in [0.1, 0.15) is 5.69 Å². The van der Waals surface area contributed by atoms with Gasteiger partial charge in [-0.3, -0.25) is 9.59 Å². The first kappa shape index (κ1) is 19.8. The third-order valence-corrected chi connectivity index (χ3v) is 3.62. The van der Waals surface area contributed by atoms with E-state index >= 15 is 0 Å². The number of amides is 1. The molecule has 1 heterocycles. The number of ether oxygens (including phenoxy) is 1. The second-order valence-electron chi connectivity index (χ2n) is 4.31. The van der Waals surface area contributed by atoms with Crippen LogP contribution in [0.3, 0.4) is 0 Å². The first-order chi connectivity index (χ1) is 9.67. The van der Waals surface area contributed by atoms with Crippen molar-refractivity contribution in [3.8, 4) is 0 Å². The topological polar surface area (TPSA) is 94.3 Å². The van der Waals surface area contributed by atoms with Gasteiger partial charge < -0.3 is 15.8 Å². The summed E-state index contributed by atoms with van der Waals surface area (Å²) in [5, 5.41) is 5.45. The number of carbonyl (C=O) groups excluding carboxylic acids is 2. The van der Waals surface area contributed by atoms with Crippen molar-refractivity contribution in [2.45, 2.75) is 32.1 Å². The Morgan fingerprint density at radius 3 is 2.81 bits per heavy atom. The van der Waals surface area contributed by atoms with Crippen LogP contribution in [0.5, 0.6) is 0 Å². The van der Waals surface area contributed by atoms with Crippen LogP contribution in [0.1, 0.15) is 41.2 Å². The van der Waals surface area contributed by atoms with Crippen LogP contribution < -0.4 is 11.1 Å². The number of esters is 1. The number of hydrogen-bond donors (Lipinski definition) is 2. The molecule has 0 aliphatic carbocycles. The lowest BCUT2D eigenvalue weighted by atomic mass is 10.2. The number of nitrogens with one attached hydrogen (secondary N) is 1. The predicted molar refractivity (Wildman–Crippen MR) is 84.9 cm³/mol. The summed E-state index contributed by atoms with van der Waals surface area (Å²) in [7, 11) is 1.38. The molecule has 0 saturated carbocycles. The number of unbranched alkanes of at least 4 members (excludes halogenated alkanes) is 2. The quantitative estimate of drug-likeness (QED) is 0.527. The Morgan fingerprint density at radius 1 is 1.38 bits per heavy atom. The lowest BCUT2D eigenvalue weighted by Gasteiger charge is -2.03. The molecule has 120 valence electrons. The molecule has 1 aromatic rings. The smallest absolute Gasteiger partial charge is 0.305 e. The standard InChI is InChI=1S/C13H21N3O3S.ClH/c1-19-12(17)5-3-2-4-8-15-13(18)10-9-20-11(16-10)6-7-14;/h9H,2-8,14H2,1H3,(H,15,18);1H. The van der Waals surface area contributed by atoms with Gasteiger partial charge in [-0.15, -0.1) is 23.7 Å². The predicted octanol–water partition coefficient (Wildman–Crippen LogP) is 1.53. The fourth-order valence-electron chi connectivity index (χ4n) is 1.62. The van der Waals surface area contributed by atoms with Gasteiger partial charge in [0.2, 0.25) is 0 Å². The normalized spacial score (nSPS) is 9.81. The zero-order chi connectivity index (χ0) is 14.8. The molecule has 1 amide bonds. The van der Waals surface area contributed by atoms with Crippen LogP contribution >= 0.6 is 23.7 Å². The molecule has 0 fully saturated rings. The maximum atomic E-state index is 11.8. The van der Waals surface area contributed by atoms with Crippen molar-refractivity contribution in [1.82, 2.24) is 10.3 Å². The molecule has 3 N–H and O–H groups in total. The number of halogens is 1. The van der Waals surface area contributed by atoms with Crippen molar-refractivity contribution in [3.63, 3.8) is 0 Å². The van der Waals surface area contributed by atoms with Gasteiger partial charge >= 0.3 is 5.97 Å². The number of carbonyl (C=O) groups is 2. The van der Waals surface area contributed by atoms with E-state index in [1.165, 1.54) is 18.4 Å². The second-order valence-corrected chi connectivity index (χ2v) is 5.25. The number of nitrogens with two attached hydrogens (primary N) is 1. The summed E-state index contributed by atoms with van der Waals surface area (Å²) in [5.41, 5.74) is 5.89. The van der Waals surface area contributed by atoms with Gasteiger partial charge in [0.15, 0.2) is 0 Å². The van der Waals surface area contributed by atoms with E-state index in [-0.39, 0.29) is 24.3 Å². The number of methoxy groups -OCH3 is 1. The molecule has 0 aliphatic heterocycles. The summed E-state index contributed by atoms with van der Waals surface area (Å²) in [4.78, 5) is 26.9.